The summed E-state index contributed by atoms with van der Waals surface area (Å²) in [5, 5.41) is 9.73. The first-order valence-electron chi connectivity index (χ1n) is 5.64. The summed E-state index contributed by atoms with van der Waals surface area (Å²) in [6.45, 7) is -0.954. The van der Waals surface area contributed by atoms with Gasteiger partial charge in [-0.05, 0) is 18.2 Å². The molecule has 1 aromatic heterocycles. The van der Waals surface area contributed by atoms with E-state index in [1.54, 1.807) is 29.0 Å². The van der Waals surface area contributed by atoms with Gasteiger partial charge < -0.3 is 9.30 Å². The van der Waals surface area contributed by atoms with Crippen LogP contribution >= 0.6 is 0 Å². The molecule has 0 spiro atoms. The number of nitriles is 1. The highest BCUT2D eigenvalue weighted by Gasteiger charge is 2.27. The summed E-state index contributed by atoms with van der Waals surface area (Å²) in [5.41, 5.74) is 1.36. The summed E-state index contributed by atoms with van der Waals surface area (Å²) >= 11 is 0. The van der Waals surface area contributed by atoms with Crippen molar-refractivity contribution in [3.05, 3.63) is 36.0 Å². The van der Waals surface area contributed by atoms with Gasteiger partial charge in [0.2, 0.25) is 0 Å². The van der Waals surface area contributed by atoms with E-state index in [9.17, 15) is 13.2 Å². The van der Waals surface area contributed by atoms with Crippen LogP contribution in [0.2, 0.25) is 0 Å². The van der Waals surface area contributed by atoms with Gasteiger partial charge in [-0.2, -0.15) is 18.4 Å². The zero-order valence-electron chi connectivity index (χ0n) is 9.94. The minimum atomic E-state index is -4.30. The van der Waals surface area contributed by atoms with E-state index in [1.807, 2.05) is 6.07 Å². The number of halogens is 3. The maximum absolute atomic E-state index is 11.9. The number of nitrogens with zero attached hydrogens (tertiary/aromatic N) is 2. The van der Waals surface area contributed by atoms with E-state index < -0.39 is 12.8 Å². The number of ether oxygens (including phenoxy) is 1. The number of fused-ring (bicyclic) bond motifs is 1. The molecule has 0 radical (unpaired) electrons. The van der Waals surface area contributed by atoms with Crippen LogP contribution in [0, 0.1) is 11.3 Å². The van der Waals surface area contributed by atoms with Crippen LogP contribution in [0.25, 0.3) is 10.9 Å². The fraction of sp³-hybridized carbons (Fsp3) is 0.308. The molecule has 2 rings (SSSR count). The number of aromatic nitrogens is 1. The molecule has 2 aromatic rings. The minimum Gasteiger partial charge on any atom is -0.370 e. The van der Waals surface area contributed by atoms with Crippen molar-refractivity contribution in [1.29, 1.82) is 5.26 Å². The second-order valence-electron chi connectivity index (χ2n) is 4.03. The molecule has 100 valence electrons. The van der Waals surface area contributed by atoms with Crippen molar-refractivity contribution in [1.82, 2.24) is 4.57 Å². The van der Waals surface area contributed by atoms with Gasteiger partial charge in [0, 0.05) is 23.6 Å². The average molecular weight is 268 g/mol. The fourth-order valence-corrected chi connectivity index (χ4v) is 1.87. The molecule has 0 amide bonds. The summed E-state index contributed by atoms with van der Waals surface area (Å²) in [5.74, 6) is 0. The Morgan fingerprint density at radius 3 is 2.74 bits per heavy atom. The average Bonchev–Trinajstić information content (AvgIpc) is 2.76. The molecule has 0 bridgehead atoms. The van der Waals surface area contributed by atoms with Gasteiger partial charge in [-0.1, -0.05) is 6.07 Å². The Bertz CT molecular complexity index is 610. The predicted octanol–water partition coefficient (Wildman–Crippen LogP) is 3.09. The lowest BCUT2D eigenvalue weighted by atomic mass is 10.1. The van der Waals surface area contributed by atoms with E-state index in [4.69, 9.17) is 5.26 Å². The van der Waals surface area contributed by atoms with Crippen LogP contribution in [-0.2, 0) is 11.3 Å². The molecule has 0 fully saturated rings. The summed E-state index contributed by atoms with van der Waals surface area (Å²) < 4.78 is 42.1. The first-order valence-corrected chi connectivity index (χ1v) is 5.64. The number of rotatable bonds is 4. The van der Waals surface area contributed by atoms with Crippen LogP contribution in [0.3, 0.4) is 0 Å². The van der Waals surface area contributed by atoms with Gasteiger partial charge in [-0.15, -0.1) is 0 Å². The maximum atomic E-state index is 11.9. The minimum absolute atomic E-state index is 0.0277. The first kappa shape index (κ1) is 13.4. The Kier molecular flexibility index (Phi) is 3.76. The third-order valence-electron chi connectivity index (χ3n) is 2.68. The van der Waals surface area contributed by atoms with Crippen molar-refractivity contribution in [2.45, 2.75) is 12.7 Å². The molecule has 19 heavy (non-hydrogen) atoms. The highest BCUT2D eigenvalue weighted by molar-refractivity contribution is 5.85. The van der Waals surface area contributed by atoms with Crippen molar-refractivity contribution >= 4 is 10.9 Å². The standard InChI is InChI=1S/C13H11F3N2O/c14-13(15,16)9-19-7-6-18-5-4-11-10(8-17)2-1-3-12(11)18/h1-5H,6-7,9H2. The second-order valence-corrected chi connectivity index (χ2v) is 4.03. The molecule has 0 aliphatic rings. The quantitative estimate of drug-likeness (QED) is 0.799. The van der Waals surface area contributed by atoms with Crippen LogP contribution in [0.4, 0.5) is 13.2 Å². The molecule has 0 aliphatic heterocycles. The molecular formula is C13H11F3N2O. The molecule has 0 unspecified atom stereocenters. The van der Waals surface area contributed by atoms with Gasteiger partial charge in [-0.25, -0.2) is 0 Å². The van der Waals surface area contributed by atoms with Gasteiger partial charge in [0.05, 0.1) is 18.2 Å². The molecule has 1 heterocycles. The smallest absolute Gasteiger partial charge is 0.370 e. The monoisotopic (exact) mass is 268 g/mol. The fourth-order valence-electron chi connectivity index (χ4n) is 1.87. The number of hydrogen-bond acceptors (Lipinski definition) is 2. The molecule has 6 heteroatoms. The number of benzene rings is 1. The van der Waals surface area contributed by atoms with Crippen LogP contribution in [0.1, 0.15) is 5.56 Å². The largest absolute Gasteiger partial charge is 0.411 e. The predicted molar refractivity (Wildman–Crippen MR) is 63.5 cm³/mol. The van der Waals surface area contributed by atoms with Crippen molar-refractivity contribution in [3.8, 4) is 6.07 Å². The van der Waals surface area contributed by atoms with Crippen molar-refractivity contribution in [2.75, 3.05) is 13.2 Å². The molecular weight excluding hydrogens is 257 g/mol. The Hall–Kier alpha value is -2.00. The van der Waals surface area contributed by atoms with E-state index in [0.717, 1.165) is 10.9 Å². The zero-order valence-corrected chi connectivity index (χ0v) is 9.94. The van der Waals surface area contributed by atoms with E-state index in [2.05, 4.69) is 10.8 Å². The van der Waals surface area contributed by atoms with Gasteiger partial charge in [0.15, 0.2) is 0 Å². The van der Waals surface area contributed by atoms with Crippen molar-refractivity contribution in [3.63, 3.8) is 0 Å². The van der Waals surface area contributed by atoms with Crippen LogP contribution in [0.15, 0.2) is 30.5 Å². The van der Waals surface area contributed by atoms with E-state index in [-0.39, 0.29) is 6.61 Å². The normalized spacial score (nSPS) is 11.7. The molecule has 0 atom stereocenters. The van der Waals surface area contributed by atoms with Crippen LogP contribution in [0.5, 0.6) is 0 Å². The summed E-state index contributed by atoms with van der Waals surface area (Å²) in [6, 6.07) is 9.12. The van der Waals surface area contributed by atoms with Gasteiger partial charge in [0.25, 0.3) is 0 Å². The van der Waals surface area contributed by atoms with Crippen molar-refractivity contribution in [2.24, 2.45) is 0 Å². The van der Waals surface area contributed by atoms with Gasteiger partial charge in [0.1, 0.15) is 6.61 Å². The Labute approximate surface area is 107 Å². The topological polar surface area (TPSA) is 38.0 Å². The third-order valence-corrected chi connectivity index (χ3v) is 2.68. The lowest BCUT2D eigenvalue weighted by Crippen LogP contribution is -2.18. The Morgan fingerprint density at radius 2 is 2.05 bits per heavy atom. The Balaban J connectivity index is 2.04. The molecule has 0 saturated heterocycles. The summed E-state index contributed by atoms with van der Waals surface area (Å²) in [6.07, 6.45) is -2.56. The highest BCUT2D eigenvalue weighted by Crippen LogP contribution is 2.20. The number of alkyl halides is 3. The van der Waals surface area contributed by atoms with E-state index in [1.165, 1.54) is 0 Å². The highest BCUT2D eigenvalue weighted by atomic mass is 19.4. The number of hydrogen-bond donors (Lipinski definition) is 0. The third kappa shape index (κ3) is 3.26. The first-order chi connectivity index (χ1) is 9.01. The van der Waals surface area contributed by atoms with Crippen LogP contribution < -0.4 is 0 Å². The van der Waals surface area contributed by atoms with Crippen molar-refractivity contribution < 1.29 is 17.9 Å². The molecule has 0 aliphatic carbocycles. The molecule has 0 N–H and O–H groups in total. The lowest BCUT2D eigenvalue weighted by molar-refractivity contribution is -0.174. The summed E-state index contributed by atoms with van der Waals surface area (Å²) in [4.78, 5) is 0. The molecule has 3 nitrogen and oxygen atoms in total. The Morgan fingerprint density at radius 1 is 1.26 bits per heavy atom. The molecule has 0 saturated carbocycles. The van der Waals surface area contributed by atoms with Crippen LogP contribution in [-0.4, -0.2) is 24.0 Å². The SMILES string of the molecule is N#Cc1cccc2c1ccn2CCOCC(F)(F)F. The second kappa shape index (κ2) is 5.33. The van der Waals surface area contributed by atoms with E-state index in [0.29, 0.717) is 12.1 Å². The van der Waals surface area contributed by atoms with E-state index >= 15 is 0 Å². The zero-order chi connectivity index (χ0) is 13.9. The summed E-state index contributed by atoms with van der Waals surface area (Å²) in [7, 11) is 0. The molecule has 1 aromatic carbocycles. The lowest BCUT2D eigenvalue weighted by Gasteiger charge is -2.09. The van der Waals surface area contributed by atoms with Gasteiger partial charge in [-0.3, -0.25) is 0 Å². The maximum Gasteiger partial charge on any atom is 0.411 e. The van der Waals surface area contributed by atoms with Gasteiger partial charge >= 0.3 is 6.18 Å².